The molecule has 0 amide bonds. The third kappa shape index (κ3) is 3.66. The zero-order valence-corrected chi connectivity index (χ0v) is 19.5. The van der Waals surface area contributed by atoms with Crippen LogP contribution >= 0.6 is 35.7 Å². The van der Waals surface area contributed by atoms with Crippen molar-refractivity contribution in [1.29, 1.82) is 0 Å². The summed E-state index contributed by atoms with van der Waals surface area (Å²) in [5.74, 6) is 0.417. The molecular formula is C23H21NO3S3. The zero-order valence-electron chi connectivity index (χ0n) is 17.1. The second-order valence-electron chi connectivity index (χ2n) is 7.37. The Hall–Kier alpha value is -2.22. The quantitative estimate of drug-likeness (QED) is 0.348. The van der Waals surface area contributed by atoms with Gasteiger partial charge in [0.25, 0.3) is 0 Å². The Kier molecular flexibility index (Phi) is 5.70. The Bertz CT molecular complexity index is 1100. The first kappa shape index (κ1) is 21.0. The minimum Gasteiger partial charge on any atom is -0.497 e. The Morgan fingerprint density at radius 2 is 1.80 bits per heavy atom. The van der Waals surface area contributed by atoms with Gasteiger partial charge in [0, 0.05) is 26.6 Å². The molecule has 7 heteroatoms. The van der Waals surface area contributed by atoms with E-state index in [-0.39, 0.29) is 5.97 Å². The molecule has 2 aromatic rings. The number of methoxy groups -OCH3 is 2. The van der Waals surface area contributed by atoms with Crippen LogP contribution < -0.4 is 10.1 Å². The molecule has 0 radical (unpaired) electrons. The predicted molar refractivity (Wildman–Crippen MR) is 131 cm³/mol. The molecule has 2 aromatic carbocycles. The molecule has 0 aromatic heterocycles. The summed E-state index contributed by atoms with van der Waals surface area (Å²) >= 11 is 8.92. The van der Waals surface area contributed by atoms with E-state index >= 15 is 0 Å². The van der Waals surface area contributed by atoms with Crippen LogP contribution in [0.1, 0.15) is 25.0 Å². The molecule has 4 nitrogen and oxygen atoms in total. The van der Waals surface area contributed by atoms with Crippen LogP contribution in [0.2, 0.25) is 0 Å². The van der Waals surface area contributed by atoms with Crippen LogP contribution in [0.4, 0.5) is 5.69 Å². The molecule has 0 aliphatic carbocycles. The third-order valence-corrected chi connectivity index (χ3v) is 8.29. The minimum atomic E-state index is -0.401. The van der Waals surface area contributed by atoms with E-state index in [2.05, 4.69) is 19.2 Å². The Balaban J connectivity index is 1.89. The Morgan fingerprint density at radius 3 is 2.47 bits per heavy atom. The largest absolute Gasteiger partial charge is 0.497 e. The summed E-state index contributed by atoms with van der Waals surface area (Å²) in [6.45, 7) is 4.14. The maximum atomic E-state index is 12.6. The van der Waals surface area contributed by atoms with Crippen molar-refractivity contribution in [3.8, 4) is 5.75 Å². The van der Waals surface area contributed by atoms with E-state index in [0.29, 0.717) is 4.91 Å². The summed E-state index contributed by atoms with van der Waals surface area (Å²) in [5.41, 5.74) is 3.51. The number of anilines is 1. The van der Waals surface area contributed by atoms with Crippen LogP contribution in [-0.2, 0) is 9.53 Å². The first-order valence-electron chi connectivity index (χ1n) is 9.35. The van der Waals surface area contributed by atoms with Crippen molar-refractivity contribution in [3.63, 3.8) is 0 Å². The van der Waals surface area contributed by atoms with E-state index < -0.39 is 5.54 Å². The second-order valence-corrected chi connectivity index (χ2v) is 10.1. The highest BCUT2D eigenvalue weighted by atomic mass is 32.2. The highest BCUT2D eigenvalue weighted by Crippen LogP contribution is 2.58. The van der Waals surface area contributed by atoms with Crippen molar-refractivity contribution in [2.75, 3.05) is 19.5 Å². The molecule has 2 aliphatic heterocycles. The van der Waals surface area contributed by atoms with Crippen LogP contribution in [0.5, 0.6) is 5.75 Å². The molecule has 0 atom stereocenters. The van der Waals surface area contributed by atoms with Crippen LogP contribution in [0.25, 0.3) is 10.5 Å². The van der Waals surface area contributed by atoms with Crippen molar-refractivity contribution in [2.45, 2.75) is 19.4 Å². The van der Waals surface area contributed by atoms with Crippen molar-refractivity contribution in [1.82, 2.24) is 0 Å². The number of carbonyl (C=O) groups excluding carboxylic acids is 1. The summed E-state index contributed by atoms with van der Waals surface area (Å²) in [7, 11) is 3.06. The molecule has 2 aliphatic rings. The van der Waals surface area contributed by atoms with E-state index in [4.69, 9.17) is 21.7 Å². The summed E-state index contributed by atoms with van der Waals surface area (Å²) in [6.07, 6.45) is 0. The smallest absolute Gasteiger partial charge is 0.345 e. The van der Waals surface area contributed by atoms with Gasteiger partial charge in [-0.2, -0.15) is 0 Å². The molecule has 0 saturated carbocycles. The van der Waals surface area contributed by atoms with Crippen LogP contribution in [0, 0.1) is 0 Å². The number of esters is 1. The molecule has 0 spiro atoms. The molecule has 0 bridgehead atoms. The first-order chi connectivity index (χ1) is 14.4. The number of thioether (sulfide) groups is 2. The van der Waals surface area contributed by atoms with E-state index in [0.717, 1.165) is 42.1 Å². The number of thiocarbonyl (C=S) groups is 1. The molecule has 1 N–H and O–H groups in total. The molecule has 30 heavy (non-hydrogen) atoms. The van der Waals surface area contributed by atoms with Crippen molar-refractivity contribution in [2.24, 2.45) is 0 Å². The second kappa shape index (κ2) is 8.13. The molecule has 2 heterocycles. The lowest BCUT2D eigenvalue weighted by molar-refractivity contribution is -0.135. The Morgan fingerprint density at radius 1 is 1.07 bits per heavy atom. The number of hydrogen-bond donors (Lipinski definition) is 1. The van der Waals surface area contributed by atoms with Crippen LogP contribution in [0.15, 0.2) is 57.7 Å². The average Bonchev–Trinajstić information content (AvgIpc) is 3.19. The van der Waals surface area contributed by atoms with Gasteiger partial charge in [0.05, 0.1) is 24.0 Å². The van der Waals surface area contributed by atoms with Gasteiger partial charge in [0.2, 0.25) is 0 Å². The third-order valence-electron chi connectivity index (χ3n) is 4.94. The van der Waals surface area contributed by atoms with E-state index in [1.807, 2.05) is 48.5 Å². The number of rotatable bonds is 3. The molecule has 0 saturated heterocycles. The lowest BCUT2D eigenvalue weighted by atomic mass is 9.85. The number of carbonyl (C=O) groups is 1. The average molecular weight is 456 g/mol. The summed E-state index contributed by atoms with van der Waals surface area (Å²) in [4.78, 5) is 14.9. The summed E-state index contributed by atoms with van der Waals surface area (Å²) in [6, 6.07) is 15.8. The maximum Gasteiger partial charge on any atom is 0.345 e. The van der Waals surface area contributed by atoms with Crippen molar-refractivity contribution in [3.05, 3.63) is 68.8 Å². The van der Waals surface area contributed by atoms with Crippen molar-refractivity contribution < 1.29 is 14.3 Å². The molecule has 4 rings (SSSR count). The molecule has 0 fully saturated rings. The highest BCUT2D eigenvalue weighted by molar-refractivity contribution is 8.32. The van der Waals surface area contributed by atoms with E-state index in [1.165, 1.54) is 18.9 Å². The number of nitrogens with one attached hydrogen (secondary N) is 1. The van der Waals surface area contributed by atoms with E-state index in [1.54, 1.807) is 18.9 Å². The fourth-order valence-electron chi connectivity index (χ4n) is 3.40. The van der Waals surface area contributed by atoms with Crippen LogP contribution in [-0.4, -0.2) is 30.6 Å². The standard InChI is InChI=1S/C23H21NO3S3/c1-23(2)20(28)17(15-12-14(26-3)10-11-16(15)24-23)22-29-18(13-8-6-5-7-9-13)19(30-22)21(25)27-4/h5-12,24H,1-4H3. The van der Waals surface area contributed by atoms with E-state index in [9.17, 15) is 4.79 Å². The first-order valence-corrected chi connectivity index (χ1v) is 11.4. The van der Waals surface area contributed by atoms with Gasteiger partial charge in [-0.1, -0.05) is 66.1 Å². The number of fused-ring (bicyclic) bond motifs is 1. The van der Waals surface area contributed by atoms with Gasteiger partial charge in [0.15, 0.2) is 0 Å². The topological polar surface area (TPSA) is 47.6 Å². The van der Waals surface area contributed by atoms with Crippen LogP contribution in [0.3, 0.4) is 0 Å². The SMILES string of the molecule is COC(=O)C1=C(c2ccccc2)SC(=C2C(=S)C(C)(C)Nc3ccc(OC)cc32)S1. The number of benzene rings is 2. The number of ether oxygens (including phenoxy) is 2. The summed E-state index contributed by atoms with van der Waals surface area (Å²) < 4.78 is 11.5. The van der Waals surface area contributed by atoms with Gasteiger partial charge >= 0.3 is 5.97 Å². The highest BCUT2D eigenvalue weighted by Gasteiger charge is 2.38. The monoisotopic (exact) mass is 455 g/mol. The number of hydrogen-bond acceptors (Lipinski definition) is 7. The summed E-state index contributed by atoms with van der Waals surface area (Å²) in [5, 5.41) is 3.52. The molecule has 154 valence electrons. The van der Waals surface area contributed by atoms with Gasteiger partial charge < -0.3 is 14.8 Å². The van der Waals surface area contributed by atoms with Crippen molar-refractivity contribution >= 4 is 62.7 Å². The normalized spacial score (nSPS) is 19.9. The zero-order chi connectivity index (χ0) is 21.5. The fourth-order valence-corrected chi connectivity index (χ4v) is 6.52. The van der Waals surface area contributed by atoms with Gasteiger partial charge in [-0.25, -0.2) is 4.79 Å². The minimum absolute atomic E-state index is 0.341. The van der Waals surface area contributed by atoms with Gasteiger partial charge in [0.1, 0.15) is 10.7 Å². The molecular weight excluding hydrogens is 434 g/mol. The lowest BCUT2D eigenvalue weighted by Crippen LogP contribution is -2.43. The van der Waals surface area contributed by atoms with Gasteiger partial charge in [-0.05, 0) is 37.6 Å². The maximum absolute atomic E-state index is 12.6. The molecule has 0 unspecified atom stereocenters. The van der Waals surface area contributed by atoms with Gasteiger partial charge in [-0.15, -0.1) is 0 Å². The predicted octanol–water partition coefficient (Wildman–Crippen LogP) is 5.96. The lowest BCUT2D eigenvalue weighted by Gasteiger charge is -2.37. The fraction of sp³-hybridized carbons (Fsp3) is 0.217. The van der Waals surface area contributed by atoms with Gasteiger partial charge in [-0.3, -0.25) is 0 Å². The Labute approximate surface area is 190 Å².